The number of methoxy groups -OCH3 is 3. The van der Waals surface area contributed by atoms with Crippen LogP contribution in [0.3, 0.4) is 0 Å². The van der Waals surface area contributed by atoms with Gasteiger partial charge in [0, 0.05) is 23.1 Å². The topological polar surface area (TPSA) is 60.9 Å². The van der Waals surface area contributed by atoms with Crippen molar-refractivity contribution in [2.75, 3.05) is 25.6 Å². The van der Waals surface area contributed by atoms with Crippen LogP contribution >= 0.6 is 11.9 Å². The summed E-state index contributed by atoms with van der Waals surface area (Å²) < 4.78 is 18.0. The molecular weight excluding hydrogens is 424 g/mol. The molecular formula is C25H28N2O4S. The van der Waals surface area contributed by atoms with Crippen LogP contribution in [-0.2, 0) is 17.0 Å². The molecule has 0 bridgehead atoms. The van der Waals surface area contributed by atoms with E-state index in [1.54, 1.807) is 31.8 Å². The van der Waals surface area contributed by atoms with Gasteiger partial charge in [0.15, 0.2) is 11.5 Å². The quantitative estimate of drug-likeness (QED) is 0.439. The third kappa shape index (κ3) is 4.83. The largest absolute Gasteiger partial charge is 0.493 e. The van der Waals surface area contributed by atoms with Crippen LogP contribution in [0.1, 0.15) is 25.0 Å². The standard InChI is InChI=1S/C23H22N2O4S.C2H6/c1-27-19-10-16(11-20(28-2)22(19)29-3)18-9-17-12-21(26)25(23(17)24-13-18)30-14-15-7-5-4-6-8-15;1-2/h4-11,13H,12,14H2,1-3H3;1-2H3. The van der Waals surface area contributed by atoms with Crippen LogP contribution in [0.15, 0.2) is 54.7 Å². The van der Waals surface area contributed by atoms with Crippen molar-refractivity contribution in [3.63, 3.8) is 0 Å². The number of hydrogen-bond acceptors (Lipinski definition) is 6. The van der Waals surface area contributed by atoms with E-state index in [1.807, 2.05) is 50.2 Å². The summed E-state index contributed by atoms with van der Waals surface area (Å²) in [6.45, 7) is 4.00. The van der Waals surface area contributed by atoms with E-state index in [4.69, 9.17) is 14.2 Å². The summed E-state index contributed by atoms with van der Waals surface area (Å²) in [7, 11) is 4.75. The first-order valence-electron chi connectivity index (χ1n) is 10.4. The van der Waals surface area contributed by atoms with Crippen LogP contribution in [0, 0.1) is 0 Å². The van der Waals surface area contributed by atoms with E-state index in [1.165, 1.54) is 11.9 Å². The number of carbonyl (C=O) groups excluding carboxylic acids is 1. The zero-order valence-corrected chi connectivity index (χ0v) is 19.9. The summed E-state index contributed by atoms with van der Waals surface area (Å²) in [5.41, 5.74) is 3.84. The molecule has 0 unspecified atom stereocenters. The molecule has 0 N–H and O–H groups in total. The van der Waals surface area contributed by atoms with Crippen molar-refractivity contribution < 1.29 is 19.0 Å². The Morgan fingerprint density at radius 1 is 0.938 bits per heavy atom. The fourth-order valence-corrected chi connectivity index (χ4v) is 4.39. The number of hydrogen-bond donors (Lipinski definition) is 0. The number of aromatic nitrogens is 1. The van der Waals surface area contributed by atoms with Crippen LogP contribution in [-0.4, -0.2) is 32.2 Å². The van der Waals surface area contributed by atoms with Gasteiger partial charge in [0.1, 0.15) is 5.82 Å². The van der Waals surface area contributed by atoms with Crippen LogP contribution in [0.5, 0.6) is 17.2 Å². The molecule has 2 heterocycles. The van der Waals surface area contributed by atoms with Crippen molar-refractivity contribution in [3.8, 4) is 28.4 Å². The molecule has 3 aromatic rings. The zero-order chi connectivity index (χ0) is 23.1. The van der Waals surface area contributed by atoms with Crippen LogP contribution in [0.25, 0.3) is 11.1 Å². The fourth-order valence-electron chi connectivity index (χ4n) is 3.42. The van der Waals surface area contributed by atoms with E-state index in [0.29, 0.717) is 35.2 Å². The second-order valence-corrected chi connectivity index (χ2v) is 7.66. The number of ether oxygens (including phenoxy) is 3. The summed E-state index contributed by atoms with van der Waals surface area (Å²) in [5.74, 6) is 3.14. The molecule has 0 fully saturated rings. The molecule has 32 heavy (non-hydrogen) atoms. The van der Waals surface area contributed by atoms with Crippen LogP contribution in [0.4, 0.5) is 5.82 Å². The van der Waals surface area contributed by atoms with Gasteiger partial charge in [-0.05, 0) is 41.3 Å². The number of carbonyl (C=O) groups is 1. The monoisotopic (exact) mass is 452 g/mol. The van der Waals surface area contributed by atoms with Gasteiger partial charge in [-0.2, -0.15) is 0 Å². The second-order valence-electron chi connectivity index (χ2n) is 6.74. The number of rotatable bonds is 7. The van der Waals surface area contributed by atoms with E-state index in [2.05, 4.69) is 17.1 Å². The highest BCUT2D eigenvalue weighted by molar-refractivity contribution is 8.00. The smallest absolute Gasteiger partial charge is 0.242 e. The normalized spacial score (nSPS) is 12.0. The minimum Gasteiger partial charge on any atom is -0.493 e. The highest BCUT2D eigenvalue weighted by Gasteiger charge is 2.30. The zero-order valence-electron chi connectivity index (χ0n) is 19.0. The molecule has 1 aliphatic heterocycles. The predicted octanol–water partition coefficient (Wildman–Crippen LogP) is 5.54. The maximum Gasteiger partial charge on any atom is 0.242 e. The van der Waals surface area contributed by atoms with E-state index in [0.717, 1.165) is 22.3 Å². The Labute approximate surface area is 193 Å². The lowest BCUT2D eigenvalue weighted by Crippen LogP contribution is -2.19. The Morgan fingerprint density at radius 3 is 2.19 bits per heavy atom. The fraction of sp³-hybridized carbons (Fsp3) is 0.280. The van der Waals surface area contributed by atoms with Crippen molar-refractivity contribution >= 4 is 23.7 Å². The second kappa shape index (κ2) is 10.9. The van der Waals surface area contributed by atoms with E-state index < -0.39 is 0 Å². The average Bonchev–Trinajstić information content (AvgIpc) is 3.17. The Morgan fingerprint density at radius 2 is 1.59 bits per heavy atom. The molecule has 1 amide bonds. The first kappa shape index (κ1) is 23.5. The first-order valence-corrected chi connectivity index (χ1v) is 11.4. The summed E-state index contributed by atoms with van der Waals surface area (Å²) in [5, 5.41) is 0. The third-order valence-corrected chi connectivity index (χ3v) is 6.00. The molecule has 4 rings (SSSR count). The number of amides is 1. The maximum absolute atomic E-state index is 12.6. The summed E-state index contributed by atoms with van der Waals surface area (Å²) >= 11 is 1.47. The van der Waals surface area contributed by atoms with Gasteiger partial charge in [-0.15, -0.1) is 0 Å². The average molecular weight is 453 g/mol. The third-order valence-electron chi connectivity index (χ3n) is 4.90. The molecule has 1 aromatic heterocycles. The summed E-state index contributed by atoms with van der Waals surface area (Å²) in [6.07, 6.45) is 2.11. The van der Waals surface area contributed by atoms with Gasteiger partial charge in [-0.1, -0.05) is 44.2 Å². The lowest BCUT2D eigenvalue weighted by Gasteiger charge is -2.16. The lowest BCUT2D eigenvalue weighted by atomic mass is 10.0. The molecule has 0 saturated heterocycles. The Hall–Kier alpha value is -3.19. The van der Waals surface area contributed by atoms with Crippen molar-refractivity contribution in [1.29, 1.82) is 0 Å². The van der Waals surface area contributed by atoms with E-state index >= 15 is 0 Å². The Kier molecular flexibility index (Phi) is 8.00. The SMILES string of the molecule is CC.COc1cc(-c2cnc3c(c2)CC(=O)N3SCc2ccccc2)cc(OC)c1OC. The number of fused-ring (bicyclic) bond motifs is 1. The molecule has 0 atom stereocenters. The predicted molar refractivity (Wildman–Crippen MR) is 130 cm³/mol. The van der Waals surface area contributed by atoms with E-state index in [9.17, 15) is 4.79 Å². The highest BCUT2D eigenvalue weighted by atomic mass is 32.2. The van der Waals surface area contributed by atoms with Gasteiger partial charge in [-0.3, -0.25) is 4.79 Å². The van der Waals surface area contributed by atoms with Gasteiger partial charge in [-0.25, -0.2) is 9.29 Å². The molecule has 0 aliphatic carbocycles. The van der Waals surface area contributed by atoms with Crippen LogP contribution < -0.4 is 18.5 Å². The molecule has 7 heteroatoms. The number of pyridine rings is 1. The molecule has 1 aliphatic rings. The van der Waals surface area contributed by atoms with Crippen LogP contribution in [0.2, 0.25) is 0 Å². The Balaban J connectivity index is 0.00000141. The number of benzene rings is 2. The van der Waals surface area contributed by atoms with E-state index in [-0.39, 0.29) is 5.91 Å². The molecule has 0 saturated carbocycles. The molecule has 0 radical (unpaired) electrons. The number of anilines is 1. The molecule has 0 spiro atoms. The minimum atomic E-state index is 0.0421. The molecule has 168 valence electrons. The van der Waals surface area contributed by atoms with Crippen molar-refractivity contribution in [2.24, 2.45) is 0 Å². The van der Waals surface area contributed by atoms with Gasteiger partial charge in [0.25, 0.3) is 0 Å². The molecule has 6 nitrogen and oxygen atoms in total. The number of nitrogens with zero attached hydrogens (tertiary/aromatic N) is 2. The first-order chi connectivity index (χ1) is 15.6. The lowest BCUT2D eigenvalue weighted by molar-refractivity contribution is -0.116. The Bertz CT molecular complexity index is 1050. The highest BCUT2D eigenvalue weighted by Crippen LogP contribution is 2.42. The van der Waals surface area contributed by atoms with Gasteiger partial charge < -0.3 is 14.2 Å². The van der Waals surface area contributed by atoms with Crippen molar-refractivity contribution in [2.45, 2.75) is 26.0 Å². The maximum atomic E-state index is 12.6. The molecule has 2 aromatic carbocycles. The van der Waals surface area contributed by atoms with Crippen molar-refractivity contribution in [3.05, 3.63) is 65.9 Å². The van der Waals surface area contributed by atoms with Gasteiger partial charge in [0.05, 0.1) is 27.8 Å². The van der Waals surface area contributed by atoms with Crippen molar-refractivity contribution in [1.82, 2.24) is 4.98 Å². The summed E-state index contributed by atoms with van der Waals surface area (Å²) in [4.78, 5) is 17.2. The van der Waals surface area contributed by atoms with Gasteiger partial charge in [0.2, 0.25) is 11.7 Å². The minimum absolute atomic E-state index is 0.0421. The van der Waals surface area contributed by atoms with Gasteiger partial charge >= 0.3 is 0 Å². The summed E-state index contributed by atoms with van der Waals surface area (Å²) in [6, 6.07) is 15.8.